The highest BCUT2D eigenvalue weighted by atomic mass is 16.1. The van der Waals surface area contributed by atoms with Gasteiger partial charge in [-0.2, -0.15) is 10.4 Å². The third kappa shape index (κ3) is 3.04. The second-order valence-corrected chi connectivity index (χ2v) is 8.92. The molecule has 0 bridgehead atoms. The van der Waals surface area contributed by atoms with Crippen LogP contribution >= 0.6 is 0 Å². The average molecular weight is 408 g/mol. The largest absolute Gasteiger partial charge is 0.293 e. The molecule has 0 fully saturated rings. The molecule has 2 aliphatic carbocycles. The Bertz CT molecular complexity index is 1220. The highest BCUT2D eigenvalue weighted by Gasteiger charge is 2.51. The van der Waals surface area contributed by atoms with Gasteiger partial charge in [-0.3, -0.25) is 9.48 Å². The van der Waals surface area contributed by atoms with Crippen molar-refractivity contribution < 1.29 is 4.79 Å². The first-order chi connectivity index (χ1) is 15.0. The first-order valence-electron chi connectivity index (χ1n) is 10.9. The van der Waals surface area contributed by atoms with Crippen LogP contribution in [0.15, 0.2) is 72.3 Å². The smallest absolute Gasteiger partial charge is 0.176 e. The number of aryl methyl sites for hydroxylation is 1. The van der Waals surface area contributed by atoms with Gasteiger partial charge < -0.3 is 0 Å². The number of fused-ring (bicyclic) bond motifs is 3. The topological polar surface area (TPSA) is 58.7 Å². The van der Waals surface area contributed by atoms with Crippen LogP contribution in [-0.4, -0.2) is 15.6 Å². The molecular formula is C27H25N3O. The number of aromatic nitrogens is 2. The van der Waals surface area contributed by atoms with Gasteiger partial charge in [-0.05, 0) is 30.7 Å². The Hall–Kier alpha value is -3.45. The summed E-state index contributed by atoms with van der Waals surface area (Å²) in [6, 6.07) is 22.7. The quantitative estimate of drug-likeness (QED) is 0.627. The standard InChI is InChI=1S/C27H25N3O/c1-27-16-20(17-28)25(31)22(15-18-9-5-3-6-10-18)23(27)14-13-21-24(30(2)29-26(21)27)19-11-7-4-8-12-19/h3-12,16,22-23H,13-15H2,1-2H3/t22-,23-,27-/m0/s1. The summed E-state index contributed by atoms with van der Waals surface area (Å²) in [5.41, 5.74) is 5.53. The number of nitriles is 1. The van der Waals surface area contributed by atoms with Crippen molar-refractivity contribution in [3.05, 3.63) is 89.1 Å². The van der Waals surface area contributed by atoms with Gasteiger partial charge in [0.15, 0.2) is 5.78 Å². The van der Waals surface area contributed by atoms with Crippen molar-refractivity contribution in [3.8, 4) is 17.3 Å². The number of nitrogens with zero attached hydrogens (tertiary/aromatic N) is 3. The van der Waals surface area contributed by atoms with Crippen molar-refractivity contribution in [2.24, 2.45) is 18.9 Å². The summed E-state index contributed by atoms with van der Waals surface area (Å²) < 4.78 is 1.97. The molecular weight excluding hydrogens is 382 g/mol. The molecule has 3 aromatic rings. The molecule has 1 aromatic heterocycles. The number of hydrogen-bond acceptors (Lipinski definition) is 3. The van der Waals surface area contributed by atoms with Crippen LogP contribution in [0.3, 0.4) is 0 Å². The fraction of sp³-hybridized carbons (Fsp3) is 0.296. The van der Waals surface area contributed by atoms with E-state index in [-0.39, 0.29) is 23.2 Å². The molecule has 0 aliphatic heterocycles. The molecule has 154 valence electrons. The molecule has 0 unspecified atom stereocenters. The van der Waals surface area contributed by atoms with Crippen LogP contribution in [0.2, 0.25) is 0 Å². The third-order valence-electron chi connectivity index (χ3n) is 7.13. The molecule has 0 radical (unpaired) electrons. The van der Waals surface area contributed by atoms with Crippen LogP contribution in [0.1, 0.15) is 30.2 Å². The van der Waals surface area contributed by atoms with Gasteiger partial charge in [0.1, 0.15) is 6.07 Å². The van der Waals surface area contributed by atoms with E-state index in [2.05, 4.69) is 37.3 Å². The van der Waals surface area contributed by atoms with Gasteiger partial charge in [-0.1, -0.05) is 73.7 Å². The summed E-state index contributed by atoms with van der Waals surface area (Å²) in [5.74, 6) is -0.0952. The van der Waals surface area contributed by atoms with E-state index in [9.17, 15) is 10.1 Å². The minimum atomic E-state index is -0.434. The summed E-state index contributed by atoms with van der Waals surface area (Å²) in [7, 11) is 1.99. The summed E-state index contributed by atoms with van der Waals surface area (Å²) in [6.07, 6.45) is 4.36. The minimum Gasteiger partial charge on any atom is -0.293 e. The van der Waals surface area contributed by atoms with E-state index in [1.165, 1.54) is 5.56 Å². The number of carbonyl (C=O) groups excluding carboxylic acids is 1. The van der Waals surface area contributed by atoms with E-state index < -0.39 is 5.41 Å². The van der Waals surface area contributed by atoms with Crippen molar-refractivity contribution in [2.75, 3.05) is 0 Å². The predicted molar refractivity (Wildman–Crippen MR) is 120 cm³/mol. The molecule has 0 saturated heterocycles. The van der Waals surface area contributed by atoms with Crippen LogP contribution in [0.5, 0.6) is 0 Å². The Labute approximate surface area is 182 Å². The Balaban J connectivity index is 1.64. The number of rotatable bonds is 3. The highest BCUT2D eigenvalue weighted by Crippen LogP contribution is 2.51. The number of benzene rings is 2. The van der Waals surface area contributed by atoms with Crippen LogP contribution in [0.4, 0.5) is 0 Å². The lowest BCUT2D eigenvalue weighted by atomic mass is 9.56. The zero-order chi connectivity index (χ0) is 21.6. The second kappa shape index (κ2) is 7.35. The maximum atomic E-state index is 13.2. The Morgan fingerprint density at radius 2 is 1.81 bits per heavy atom. The van der Waals surface area contributed by atoms with E-state index in [1.54, 1.807) is 0 Å². The number of Topliss-reactive ketones (excluding diaryl/α,β-unsaturated/α-hetero) is 1. The van der Waals surface area contributed by atoms with Gasteiger partial charge >= 0.3 is 0 Å². The number of carbonyl (C=O) groups is 1. The summed E-state index contributed by atoms with van der Waals surface area (Å²) >= 11 is 0. The number of allylic oxidation sites excluding steroid dienone is 2. The van der Waals surface area contributed by atoms with Crippen LogP contribution in [-0.2, 0) is 30.1 Å². The van der Waals surface area contributed by atoms with E-state index in [1.807, 2.05) is 54.2 Å². The molecule has 4 heteroatoms. The minimum absolute atomic E-state index is 0.0171. The average Bonchev–Trinajstić information content (AvgIpc) is 3.14. The fourth-order valence-corrected chi connectivity index (χ4v) is 5.71. The second-order valence-electron chi connectivity index (χ2n) is 8.92. The number of ketones is 1. The fourth-order valence-electron chi connectivity index (χ4n) is 5.71. The van der Waals surface area contributed by atoms with Gasteiger partial charge in [0.25, 0.3) is 0 Å². The van der Waals surface area contributed by atoms with Gasteiger partial charge in [0.2, 0.25) is 0 Å². The van der Waals surface area contributed by atoms with Crippen LogP contribution in [0, 0.1) is 23.2 Å². The van der Waals surface area contributed by atoms with E-state index in [0.717, 1.165) is 35.4 Å². The molecule has 0 spiro atoms. The van der Waals surface area contributed by atoms with Gasteiger partial charge in [-0.25, -0.2) is 0 Å². The highest BCUT2D eigenvalue weighted by molar-refractivity contribution is 6.02. The lowest BCUT2D eigenvalue weighted by molar-refractivity contribution is -0.122. The summed E-state index contributed by atoms with van der Waals surface area (Å²) in [5, 5.41) is 14.7. The third-order valence-corrected chi connectivity index (χ3v) is 7.13. The molecule has 3 atom stereocenters. The van der Waals surface area contributed by atoms with Crippen LogP contribution in [0.25, 0.3) is 11.3 Å². The van der Waals surface area contributed by atoms with E-state index in [4.69, 9.17) is 5.10 Å². The molecule has 0 amide bonds. The summed E-state index contributed by atoms with van der Waals surface area (Å²) in [4.78, 5) is 13.2. The zero-order valence-electron chi connectivity index (χ0n) is 17.9. The van der Waals surface area contributed by atoms with Crippen molar-refractivity contribution >= 4 is 5.78 Å². The van der Waals surface area contributed by atoms with E-state index >= 15 is 0 Å². The predicted octanol–water partition coefficient (Wildman–Crippen LogP) is 4.80. The molecule has 4 nitrogen and oxygen atoms in total. The van der Waals surface area contributed by atoms with Crippen LogP contribution < -0.4 is 0 Å². The Kier molecular flexibility index (Phi) is 4.63. The van der Waals surface area contributed by atoms with Gasteiger partial charge in [-0.15, -0.1) is 0 Å². The van der Waals surface area contributed by atoms with Gasteiger partial charge in [0, 0.05) is 29.5 Å². The summed E-state index contributed by atoms with van der Waals surface area (Å²) in [6.45, 7) is 2.17. The first-order valence-corrected chi connectivity index (χ1v) is 10.9. The van der Waals surface area contributed by atoms with Crippen molar-refractivity contribution in [1.29, 1.82) is 5.26 Å². The molecule has 0 saturated carbocycles. The van der Waals surface area contributed by atoms with Crippen molar-refractivity contribution in [3.63, 3.8) is 0 Å². The van der Waals surface area contributed by atoms with Crippen molar-refractivity contribution in [1.82, 2.24) is 9.78 Å². The molecule has 2 aromatic carbocycles. The molecule has 2 aliphatic rings. The maximum absolute atomic E-state index is 13.2. The SMILES string of the molecule is Cn1nc2c(c1-c1ccccc1)CC[C@H]1[C@H](Cc3ccccc3)C(=O)C(C#N)=C[C@]21C. The lowest BCUT2D eigenvalue weighted by Gasteiger charge is -2.45. The monoisotopic (exact) mass is 407 g/mol. The number of hydrogen-bond donors (Lipinski definition) is 0. The Morgan fingerprint density at radius 1 is 1.13 bits per heavy atom. The van der Waals surface area contributed by atoms with E-state index in [0.29, 0.717) is 6.42 Å². The molecule has 31 heavy (non-hydrogen) atoms. The van der Waals surface area contributed by atoms with Gasteiger partial charge in [0.05, 0.1) is 17.0 Å². The Morgan fingerprint density at radius 3 is 2.48 bits per heavy atom. The lowest BCUT2D eigenvalue weighted by Crippen LogP contribution is -2.47. The zero-order valence-corrected chi connectivity index (χ0v) is 17.9. The molecule has 5 rings (SSSR count). The molecule has 0 N–H and O–H groups in total. The first kappa shape index (κ1) is 19.5. The molecule has 1 heterocycles. The normalized spacial score (nSPS) is 24.7. The maximum Gasteiger partial charge on any atom is 0.176 e. The van der Waals surface area contributed by atoms with Crippen molar-refractivity contribution in [2.45, 2.75) is 31.6 Å².